The fourth-order valence-corrected chi connectivity index (χ4v) is 6.40. The molecule has 0 aliphatic heterocycles. The first-order valence-corrected chi connectivity index (χ1v) is 19.6. The zero-order chi connectivity index (χ0) is 32.8. The lowest BCUT2D eigenvalue weighted by Crippen LogP contribution is -2.40. The molecule has 1 rings (SSSR count). The van der Waals surface area contributed by atoms with Gasteiger partial charge in [-0.15, -0.1) is 0 Å². The summed E-state index contributed by atoms with van der Waals surface area (Å²) in [5.74, 6) is -0.581. The van der Waals surface area contributed by atoms with Crippen molar-refractivity contribution in [3.8, 4) is 0 Å². The van der Waals surface area contributed by atoms with Crippen molar-refractivity contribution in [1.82, 2.24) is 0 Å². The summed E-state index contributed by atoms with van der Waals surface area (Å²) < 4.78 is 17.6. The normalized spacial score (nSPS) is 18.1. The van der Waals surface area contributed by atoms with E-state index in [0.29, 0.717) is 38.5 Å². The van der Waals surface area contributed by atoms with Crippen molar-refractivity contribution in [2.75, 3.05) is 0 Å². The monoisotopic (exact) mass is 637 g/mol. The summed E-state index contributed by atoms with van der Waals surface area (Å²) >= 11 is 0. The number of carbonyl (C=O) groups excluding carboxylic acids is 3. The molecule has 0 heterocycles. The highest BCUT2D eigenvalue weighted by atomic mass is 16.6. The zero-order valence-corrected chi connectivity index (χ0v) is 29.9. The van der Waals surface area contributed by atoms with E-state index < -0.39 is 0 Å². The van der Waals surface area contributed by atoms with Crippen LogP contribution in [0.5, 0.6) is 0 Å². The molecule has 264 valence electrons. The molecule has 0 aromatic carbocycles. The van der Waals surface area contributed by atoms with Crippen molar-refractivity contribution >= 4 is 17.9 Å². The van der Waals surface area contributed by atoms with E-state index in [1.807, 2.05) is 0 Å². The van der Waals surface area contributed by atoms with Crippen molar-refractivity contribution in [2.45, 2.75) is 232 Å². The minimum atomic E-state index is -0.387. The first kappa shape index (κ1) is 41.4. The summed E-state index contributed by atoms with van der Waals surface area (Å²) in [6, 6.07) is 0. The summed E-state index contributed by atoms with van der Waals surface area (Å²) in [6.45, 7) is 6.69. The molecule has 0 unspecified atom stereocenters. The minimum Gasteiger partial charge on any atom is -0.462 e. The lowest BCUT2D eigenvalue weighted by molar-refractivity contribution is -0.169. The predicted molar refractivity (Wildman–Crippen MR) is 185 cm³/mol. The fourth-order valence-electron chi connectivity index (χ4n) is 6.40. The molecular weight excluding hydrogens is 564 g/mol. The number of ether oxygens (including phenoxy) is 3. The molecule has 1 saturated carbocycles. The first-order valence-electron chi connectivity index (χ1n) is 19.6. The maximum atomic E-state index is 12.7. The molecule has 1 aliphatic rings. The van der Waals surface area contributed by atoms with Crippen molar-refractivity contribution < 1.29 is 28.6 Å². The van der Waals surface area contributed by atoms with Crippen LogP contribution >= 0.6 is 0 Å². The maximum Gasteiger partial charge on any atom is 0.306 e. The lowest BCUT2D eigenvalue weighted by atomic mass is 9.92. The van der Waals surface area contributed by atoms with Gasteiger partial charge in [0.15, 0.2) is 0 Å². The van der Waals surface area contributed by atoms with E-state index in [-0.39, 0.29) is 36.2 Å². The zero-order valence-electron chi connectivity index (χ0n) is 29.9. The van der Waals surface area contributed by atoms with Crippen LogP contribution < -0.4 is 0 Å². The van der Waals surface area contributed by atoms with Gasteiger partial charge in [0, 0.05) is 38.5 Å². The summed E-state index contributed by atoms with van der Waals surface area (Å²) in [6.07, 6.45) is 29.8. The van der Waals surface area contributed by atoms with Gasteiger partial charge in [-0.1, -0.05) is 156 Å². The number of hydrogen-bond donors (Lipinski definition) is 0. The first-order chi connectivity index (χ1) is 22.0. The highest BCUT2D eigenvalue weighted by molar-refractivity contribution is 5.70. The Labute approximate surface area is 277 Å². The topological polar surface area (TPSA) is 78.9 Å². The van der Waals surface area contributed by atoms with E-state index >= 15 is 0 Å². The summed E-state index contributed by atoms with van der Waals surface area (Å²) in [5.41, 5.74) is 0. The van der Waals surface area contributed by atoms with Crippen LogP contribution in [0.4, 0.5) is 0 Å². The Balaban J connectivity index is 2.46. The van der Waals surface area contributed by atoms with E-state index in [9.17, 15) is 14.4 Å². The molecule has 0 bridgehead atoms. The van der Waals surface area contributed by atoms with Crippen LogP contribution in [0.25, 0.3) is 0 Å². The highest BCUT2D eigenvalue weighted by Crippen LogP contribution is 2.28. The quantitative estimate of drug-likeness (QED) is 0.0443. The Morgan fingerprint density at radius 3 is 0.778 bits per heavy atom. The Morgan fingerprint density at radius 2 is 0.556 bits per heavy atom. The molecule has 0 radical (unpaired) electrons. The smallest absolute Gasteiger partial charge is 0.306 e. The third kappa shape index (κ3) is 25.2. The van der Waals surface area contributed by atoms with Crippen molar-refractivity contribution in [3.63, 3.8) is 0 Å². The van der Waals surface area contributed by atoms with Gasteiger partial charge in [-0.05, 0) is 19.3 Å². The van der Waals surface area contributed by atoms with E-state index in [0.717, 1.165) is 57.8 Å². The van der Waals surface area contributed by atoms with Crippen LogP contribution in [0.2, 0.25) is 0 Å². The second kappa shape index (κ2) is 29.8. The molecule has 6 heteroatoms. The van der Waals surface area contributed by atoms with Crippen molar-refractivity contribution in [1.29, 1.82) is 0 Å². The van der Waals surface area contributed by atoms with E-state index in [4.69, 9.17) is 14.2 Å². The van der Waals surface area contributed by atoms with Gasteiger partial charge in [0.05, 0.1) is 0 Å². The maximum absolute atomic E-state index is 12.7. The van der Waals surface area contributed by atoms with Gasteiger partial charge in [0.25, 0.3) is 0 Å². The number of unbranched alkanes of at least 4 members (excludes halogenated alkanes) is 21. The van der Waals surface area contributed by atoms with Gasteiger partial charge < -0.3 is 14.2 Å². The van der Waals surface area contributed by atoms with Crippen LogP contribution in [-0.4, -0.2) is 36.2 Å². The van der Waals surface area contributed by atoms with Crippen LogP contribution in [0.15, 0.2) is 0 Å². The van der Waals surface area contributed by atoms with Gasteiger partial charge in [-0.25, -0.2) is 0 Å². The lowest BCUT2D eigenvalue weighted by Gasteiger charge is -2.34. The molecule has 0 spiro atoms. The molecule has 0 N–H and O–H groups in total. The van der Waals surface area contributed by atoms with E-state index in [1.165, 1.54) is 96.3 Å². The minimum absolute atomic E-state index is 0.194. The Morgan fingerprint density at radius 1 is 0.356 bits per heavy atom. The number of carbonyl (C=O) groups is 3. The summed E-state index contributed by atoms with van der Waals surface area (Å²) in [5, 5.41) is 0. The molecule has 0 amide bonds. The van der Waals surface area contributed by atoms with E-state index in [1.54, 1.807) is 0 Å². The number of hydrogen-bond acceptors (Lipinski definition) is 6. The molecule has 0 saturated heterocycles. The molecule has 1 fully saturated rings. The van der Waals surface area contributed by atoms with Gasteiger partial charge >= 0.3 is 17.9 Å². The van der Waals surface area contributed by atoms with E-state index in [2.05, 4.69) is 20.8 Å². The molecule has 0 atom stereocenters. The fraction of sp³-hybridized carbons (Fsp3) is 0.923. The van der Waals surface area contributed by atoms with Crippen LogP contribution in [0.1, 0.15) is 213 Å². The largest absolute Gasteiger partial charge is 0.462 e. The van der Waals surface area contributed by atoms with Crippen molar-refractivity contribution in [3.05, 3.63) is 0 Å². The number of rotatable bonds is 30. The average molecular weight is 637 g/mol. The van der Waals surface area contributed by atoms with Crippen molar-refractivity contribution in [2.24, 2.45) is 0 Å². The molecule has 0 aromatic heterocycles. The van der Waals surface area contributed by atoms with Crippen LogP contribution in [0, 0.1) is 0 Å². The molecule has 45 heavy (non-hydrogen) atoms. The Hall–Kier alpha value is -1.59. The highest BCUT2D eigenvalue weighted by Gasteiger charge is 2.35. The molecular formula is C39H72O6. The predicted octanol–water partition coefficient (Wildman–Crippen LogP) is 11.5. The third-order valence-electron chi connectivity index (χ3n) is 9.18. The van der Waals surface area contributed by atoms with Crippen LogP contribution in [0.3, 0.4) is 0 Å². The summed E-state index contributed by atoms with van der Waals surface area (Å²) in [4.78, 5) is 38.0. The van der Waals surface area contributed by atoms with Gasteiger partial charge in [-0.2, -0.15) is 0 Å². The second-order valence-corrected chi connectivity index (χ2v) is 13.7. The third-order valence-corrected chi connectivity index (χ3v) is 9.18. The Kier molecular flexibility index (Phi) is 27.4. The summed E-state index contributed by atoms with van der Waals surface area (Å²) in [7, 11) is 0. The molecule has 0 aromatic rings. The van der Waals surface area contributed by atoms with Crippen LogP contribution in [-0.2, 0) is 28.6 Å². The average Bonchev–Trinajstić information content (AvgIpc) is 3.01. The van der Waals surface area contributed by atoms with Gasteiger partial charge in [0.2, 0.25) is 0 Å². The SMILES string of the molecule is CCCCCCCCCCC(=O)OC1CC(OC(=O)CCCCCCCCCC)CC(OC(=O)CCCCCCCCCC)C1. The molecule has 6 nitrogen and oxygen atoms in total. The van der Waals surface area contributed by atoms with Gasteiger partial charge in [-0.3, -0.25) is 14.4 Å². The standard InChI is InChI=1S/C39H72O6/c1-4-7-10-13-16-19-22-25-28-37(40)43-34-31-35(44-38(41)29-26-23-20-17-14-11-8-5-2)33-36(32-34)45-39(42)30-27-24-21-18-15-12-9-6-3/h34-36H,4-33H2,1-3H3. The number of esters is 3. The Bertz CT molecular complexity index is 621. The second-order valence-electron chi connectivity index (χ2n) is 13.7. The van der Waals surface area contributed by atoms with Gasteiger partial charge in [0.1, 0.15) is 18.3 Å². The molecule has 1 aliphatic carbocycles.